The summed E-state index contributed by atoms with van der Waals surface area (Å²) in [6, 6.07) is 7.83. The van der Waals surface area contributed by atoms with Crippen LogP contribution < -0.4 is 20.5 Å². The molecule has 4 heterocycles. The molecule has 0 aliphatic carbocycles. The molecule has 0 radical (unpaired) electrons. The van der Waals surface area contributed by atoms with Gasteiger partial charge in [-0.05, 0) is 57.6 Å². The third-order valence-corrected chi connectivity index (χ3v) is 6.32. The molecule has 1 aliphatic rings. The molecule has 0 bridgehead atoms. The van der Waals surface area contributed by atoms with Gasteiger partial charge in [-0.2, -0.15) is 0 Å². The lowest BCUT2D eigenvalue weighted by Crippen LogP contribution is -2.09. The van der Waals surface area contributed by atoms with Gasteiger partial charge in [0.25, 0.3) is 0 Å². The number of hydrogen-bond acceptors (Lipinski definition) is 9. The Morgan fingerprint density at radius 1 is 1.16 bits per heavy atom. The lowest BCUT2D eigenvalue weighted by Gasteiger charge is -2.11. The normalized spacial score (nSPS) is 12.7. The van der Waals surface area contributed by atoms with Crippen LogP contribution in [0.2, 0.25) is 0 Å². The number of nitrogen functional groups attached to an aromatic ring is 1. The fourth-order valence-electron chi connectivity index (χ4n) is 3.66. The zero-order valence-electron chi connectivity index (χ0n) is 17.9. The fourth-order valence-corrected chi connectivity index (χ4v) is 4.72. The van der Waals surface area contributed by atoms with Crippen molar-refractivity contribution in [2.24, 2.45) is 0 Å². The summed E-state index contributed by atoms with van der Waals surface area (Å²) in [6.45, 7) is 3.86. The number of aromatic nitrogens is 4. The molecule has 5 rings (SSSR count). The molecule has 4 aromatic rings. The van der Waals surface area contributed by atoms with Gasteiger partial charge in [-0.1, -0.05) is 11.8 Å². The minimum absolute atomic E-state index is 0.205. The zero-order valence-corrected chi connectivity index (χ0v) is 18.7. The van der Waals surface area contributed by atoms with Gasteiger partial charge in [-0.25, -0.2) is 15.0 Å². The number of ether oxygens (including phenoxy) is 2. The minimum Gasteiger partial charge on any atom is -0.461 e. The Bertz CT molecular complexity index is 1270. The highest BCUT2D eigenvalue weighted by Gasteiger charge is 2.23. The molecular weight excluding hydrogens is 428 g/mol. The Hall–Kier alpha value is -3.24. The molecule has 10 heteroatoms. The molecule has 32 heavy (non-hydrogen) atoms. The van der Waals surface area contributed by atoms with Crippen molar-refractivity contribution in [3.63, 3.8) is 0 Å². The summed E-state index contributed by atoms with van der Waals surface area (Å²) < 4.78 is 19.3. The molecule has 0 amide bonds. The molecule has 166 valence electrons. The van der Waals surface area contributed by atoms with E-state index in [-0.39, 0.29) is 6.79 Å². The second kappa shape index (κ2) is 8.71. The number of nitrogens with two attached hydrogens (primary N) is 1. The van der Waals surface area contributed by atoms with Crippen molar-refractivity contribution in [1.29, 1.82) is 0 Å². The van der Waals surface area contributed by atoms with Crippen molar-refractivity contribution in [3.8, 4) is 22.8 Å². The number of imidazole rings is 1. The zero-order chi connectivity index (χ0) is 22.1. The molecule has 0 atom stereocenters. The topological polar surface area (TPSA) is 113 Å². The lowest BCUT2D eigenvalue weighted by molar-refractivity contribution is 0.174. The second-order valence-electron chi connectivity index (χ2n) is 7.50. The van der Waals surface area contributed by atoms with Crippen LogP contribution in [0.4, 0.5) is 5.82 Å². The summed E-state index contributed by atoms with van der Waals surface area (Å²) in [7, 11) is 1.96. The molecule has 0 saturated carbocycles. The summed E-state index contributed by atoms with van der Waals surface area (Å²) in [5.74, 6) is 3.38. The Morgan fingerprint density at radius 2 is 2.00 bits per heavy atom. The van der Waals surface area contributed by atoms with Crippen LogP contribution in [0.3, 0.4) is 0 Å². The fraction of sp³-hybridized carbons (Fsp3) is 0.318. The Kier molecular flexibility index (Phi) is 5.62. The molecule has 0 unspecified atom stereocenters. The number of furan rings is 1. The first kappa shape index (κ1) is 20.7. The number of unbranched alkanes of at least 4 members (excludes halogenated alkanes) is 1. The largest absolute Gasteiger partial charge is 0.461 e. The first-order valence-corrected chi connectivity index (χ1v) is 11.3. The van der Waals surface area contributed by atoms with Gasteiger partial charge in [-0.3, -0.25) is 0 Å². The molecule has 9 nitrogen and oxygen atoms in total. The van der Waals surface area contributed by atoms with Crippen molar-refractivity contribution in [1.82, 2.24) is 24.8 Å². The second-order valence-corrected chi connectivity index (χ2v) is 8.51. The van der Waals surface area contributed by atoms with Gasteiger partial charge < -0.3 is 29.5 Å². The maximum atomic E-state index is 6.11. The number of benzene rings is 1. The Labute approximate surface area is 189 Å². The van der Waals surface area contributed by atoms with Gasteiger partial charge >= 0.3 is 0 Å². The van der Waals surface area contributed by atoms with Crippen molar-refractivity contribution < 1.29 is 13.9 Å². The summed E-state index contributed by atoms with van der Waals surface area (Å²) in [6.07, 6.45) is 3.51. The summed E-state index contributed by atoms with van der Waals surface area (Å²) in [5, 5.41) is 3.98. The predicted octanol–water partition coefficient (Wildman–Crippen LogP) is 3.86. The highest BCUT2D eigenvalue weighted by Crippen LogP contribution is 2.45. The molecule has 1 aromatic carbocycles. The van der Waals surface area contributed by atoms with Gasteiger partial charge in [0.05, 0.1) is 0 Å². The van der Waals surface area contributed by atoms with E-state index in [1.807, 2.05) is 38.2 Å². The van der Waals surface area contributed by atoms with E-state index >= 15 is 0 Å². The number of rotatable bonds is 8. The monoisotopic (exact) mass is 452 g/mol. The molecule has 3 aromatic heterocycles. The Balaban J connectivity index is 1.57. The van der Waals surface area contributed by atoms with Crippen LogP contribution in [0.1, 0.15) is 18.6 Å². The van der Waals surface area contributed by atoms with E-state index in [1.54, 1.807) is 0 Å². The number of fused-ring (bicyclic) bond motifs is 2. The lowest BCUT2D eigenvalue weighted by atomic mass is 10.1. The van der Waals surface area contributed by atoms with Gasteiger partial charge in [0.2, 0.25) is 6.79 Å². The van der Waals surface area contributed by atoms with E-state index in [4.69, 9.17) is 24.6 Å². The number of nitrogens with zero attached hydrogens (tertiary/aromatic N) is 4. The molecule has 3 N–H and O–H groups in total. The molecule has 0 fully saturated rings. The number of hydrogen-bond donors (Lipinski definition) is 2. The van der Waals surface area contributed by atoms with E-state index in [9.17, 15) is 0 Å². The predicted molar refractivity (Wildman–Crippen MR) is 122 cm³/mol. The third-order valence-electron chi connectivity index (χ3n) is 5.27. The highest BCUT2D eigenvalue weighted by molar-refractivity contribution is 7.99. The van der Waals surface area contributed by atoms with Gasteiger partial charge in [0.15, 0.2) is 33.6 Å². The standard InChI is InChI=1S/C22H24N6O3S/c1-13-5-6-15(31-13)14-9-16-17(30-12-29-16)10-18(14)32-22-27-19-20(23)25-11-26-21(19)28(22)8-4-3-7-24-2/h5-6,9-11,24H,3-4,7-8,12H2,1-2H3,(H2,23,25,26). The summed E-state index contributed by atoms with van der Waals surface area (Å²) in [4.78, 5) is 14.3. The third kappa shape index (κ3) is 3.87. The highest BCUT2D eigenvalue weighted by atomic mass is 32.2. The number of aryl methyl sites for hydroxylation is 2. The first-order chi connectivity index (χ1) is 15.6. The van der Waals surface area contributed by atoms with Crippen molar-refractivity contribution in [2.45, 2.75) is 36.4 Å². The van der Waals surface area contributed by atoms with Gasteiger partial charge in [0, 0.05) is 17.0 Å². The molecule has 0 spiro atoms. The summed E-state index contributed by atoms with van der Waals surface area (Å²) >= 11 is 1.53. The van der Waals surface area contributed by atoms with E-state index in [1.165, 1.54) is 18.1 Å². The van der Waals surface area contributed by atoms with E-state index in [0.29, 0.717) is 22.8 Å². The maximum absolute atomic E-state index is 6.11. The van der Waals surface area contributed by atoms with Crippen LogP contribution in [0.15, 0.2) is 45.1 Å². The van der Waals surface area contributed by atoms with Crippen molar-refractivity contribution >= 4 is 28.7 Å². The average molecular weight is 453 g/mol. The quantitative estimate of drug-likeness (QED) is 0.385. The van der Waals surface area contributed by atoms with E-state index in [0.717, 1.165) is 58.7 Å². The van der Waals surface area contributed by atoms with Crippen LogP contribution in [-0.4, -0.2) is 39.9 Å². The van der Waals surface area contributed by atoms with Crippen molar-refractivity contribution in [2.75, 3.05) is 26.1 Å². The molecule has 1 aliphatic heterocycles. The molecular formula is C22H24N6O3S. The van der Waals surface area contributed by atoms with Crippen LogP contribution in [0, 0.1) is 6.92 Å². The molecule has 0 saturated heterocycles. The number of nitrogens with one attached hydrogen (secondary N) is 1. The minimum atomic E-state index is 0.205. The van der Waals surface area contributed by atoms with E-state index in [2.05, 4.69) is 19.9 Å². The maximum Gasteiger partial charge on any atom is 0.231 e. The van der Waals surface area contributed by atoms with Crippen molar-refractivity contribution in [3.05, 3.63) is 36.4 Å². The van der Waals surface area contributed by atoms with Crippen LogP contribution in [0.5, 0.6) is 11.5 Å². The SMILES string of the molecule is CNCCCCn1c(Sc2cc3c(cc2-c2ccc(C)o2)OCO3)nc2c(N)ncnc21. The van der Waals surface area contributed by atoms with Crippen LogP contribution in [0.25, 0.3) is 22.5 Å². The Morgan fingerprint density at radius 3 is 2.78 bits per heavy atom. The average Bonchev–Trinajstić information content (AvgIpc) is 3.50. The van der Waals surface area contributed by atoms with Gasteiger partial charge in [0.1, 0.15) is 17.8 Å². The summed E-state index contributed by atoms with van der Waals surface area (Å²) in [5.41, 5.74) is 8.37. The first-order valence-electron chi connectivity index (χ1n) is 10.4. The smallest absolute Gasteiger partial charge is 0.231 e. The van der Waals surface area contributed by atoms with E-state index < -0.39 is 0 Å². The van der Waals surface area contributed by atoms with Gasteiger partial charge in [-0.15, -0.1) is 0 Å². The van der Waals surface area contributed by atoms with Crippen LogP contribution >= 0.6 is 11.8 Å². The number of anilines is 1. The van der Waals surface area contributed by atoms with Crippen LogP contribution in [-0.2, 0) is 6.54 Å².